The standard InChI is InChI=1S/C13H9/c1-9-5-6-10-3-2-4-11-7-8-12(9)13(10)11/h2-6,8H,1H3. The molecule has 0 spiro atoms. The van der Waals surface area contributed by atoms with E-state index in [0.717, 1.165) is 0 Å². The highest BCUT2D eigenvalue weighted by Crippen LogP contribution is 2.31. The Morgan fingerprint density at radius 1 is 1.08 bits per heavy atom. The summed E-state index contributed by atoms with van der Waals surface area (Å²) in [5.41, 5.74) is 3.91. The van der Waals surface area contributed by atoms with E-state index < -0.39 is 0 Å². The quantitative estimate of drug-likeness (QED) is 0.479. The number of aryl methyl sites for hydroxylation is 1. The third-order valence-electron chi connectivity index (χ3n) is 2.68. The first-order chi connectivity index (χ1) is 6.36. The summed E-state index contributed by atoms with van der Waals surface area (Å²) in [5.74, 6) is 0. The molecule has 0 unspecified atom stereocenters. The molecule has 0 heteroatoms. The van der Waals surface area contributed by atoms with Gasteiger partial charge in [-0.2, -0.15) is 0 Å². The van der Waals surface area contributed by atoms with Crippen LogP contribution in [0.3, 0.4) is 0 Å². The zero-order chi connectivity index (χ0) is 8.84. The minimum atomic E-state index is 1.23. The molecule has 0 fully saturated rings. The first kappa shape index (κ1) is 6.90. The van der Waals surface area contributed by atoms with Gasteiger partial charge in [0.15, 0.2) is 0 Å². The summed E-state index contributed by atoms with van der Waals surface area (Å²) in [7, 11) is 0. The molecule has 0 nitrogen and oxygen atoms in total. The number of hydrogen-bond donors (Lipinski definition) is 0. The van der Waals surface area contributed by atoms with E-state index >= 15 is 0 Å². The van der Waals surface area contributed by atoms with Crippen molar-refractivity contribution in [2.45, 2.75) is 6.92 Å². The Bertz CT molecular complexity index is 519. The van der Waals surface area contributed by atoms with Crippen molar-refractivity contribution in [3.8, 4) is 0 Å². The first-order valence-corrected chi connectivity index (χ1v) is 4.48. The lowest BCUT2D eigenvalue weighted by atomic mass is 10.0. The molecule has 0 N–H and O–H groups in total. The van der Waals surface area contributed by atoms with E-state index in [4.69, 9.17) is 0 Å². The average molecular weight is 165 g/mol. The molecule has 1 aliphatic carbocycles. The monoisotopic (exact) mass is 165 g/mol. The molecule has 1 aliphatic rings. The van der Waals surface area contributed by atoms with E-state index in [2.05, 4.69) is 49.4 Å². The van der Waals surface area contributed by atoms with Crippen molar-refractivity contribution >= 4 is 16.8 Å². The van der Waals surface area contributed by atoms with Crippen LogP contribution >= 0.6 is 0 Å². The Morgan fingerprint density at radius 3 is 2.92 bits per heavy atom. The Hall–Kier alpha value is -1.56. The van der Waals surface area contributed by atoms with Crippen molar-refractivity contribution < 1.29 is 0 Å². The van der Waals surface area contributed by atoms with Crippen LogP contribution in [0.25, 0.3) is 16.8 Å². The maximum atomic E-state index is 3.29. The van der Waals surface area contributed by atoms with Gasteiger partial charge in [0.2, 0.25) is 0 Å². The van der Waals surface area contributed by atoms with Crippen LogP contribution in [0.1, 0.15) is 16.7 Å². The van der Waals surface area contributed by atoms with Crippen LogP contribution in [0.15, 0.2) is 30.3 Å². The maximum absolute atomic E-state index is 3.29. The summed E-state index contributed by atoms with van der Waals surface area (Å²) < 4.78 is 0. The fourth-order valence-corrected chi connectivity index (χ4v) is 1.97. The van der Waals surface area contributed by atoms with Crippen molar-refractivity contribution in [3.05, 3.63) is 53.1 Å². The van der Waals surface area contributed by atoms with Crippen molar-refractivity contribution in [3.63, 3.8) is 0 Å². The van der Waals surface area contributed by atoms with Crippen LogP contribution in [0.5, 0.6) is 0 Å². The number of rotatable bonds is 0. The fourth-order valence-electron chi connectivity index (χ4n) is 1.97. The Labute approximate surface area is 77.5 Å². The second kappa shape index (κ2) is 2.23. The van der Waals surface area contributed by atoms with Gasteiger partial charge in [-0.1, -0.05) is 30.3 Å². The van der Waals surface area contributed by atoms with Crippen molar-refractivity contribution in [2.75, 3.05) is 0 Å². The average Bonchev–Trinajstić information content (AvgIpc) is 2.57. The third-order valence-corrected chi connectivity index (χ3v) is 2.68. The molecule has 2 aromatic carbocycles. The SMILES string of the molecule is Cc1ccc2cccc3c2c1C=[C]3. The van der Waals surface area contributed by atoms with Gasteiger partial charge in [0, 0.05) is 0 Å². The lowest BCUT2D eigenvalue weighted by molar-refractivity contribution is 1.49. The summed E-state index contributed by atoms with van der Waals surface area (Å²) in [6, 6.07) is 10.7. The van der Waals surface area contributed by atoms with E-state index in [1.54, 1.807) is 0 Å². The van der Waals surface area contributed by atoms with Gasteiger partial charge in [0.25, 0.3) is 0 Å². The van der Waals surface area contributed by atoms with Gasteiger partial charge in [-0.3, -0.25) is 0 Å². The zero-order valence-corrected chi connectivity index (χ0v) is 7.46. The van der Waals surface area contributed by atoms with Crippen LogP contribution in [0, 0.1) is 13.0 Å². The zero-order valence-electron chi connectivity index (χ0n) is 7.46. The van der Waals surface area contributed by atoms with Gasteiger partial charge in [0.05, 0.1) is 0 Å². The molecule has 1 radical (unpaired) electrons. The topological polar surface area (TPSA) is 0 Å². The van der Waals surface area contributed by atoms with E-state index in [0.29, 0.717) is 0 Å². The molecule has 0 amide bonds. The minimum Gasteiger partial charge on any atom is -0.0610 e. The lowest BCUT2D eigenvalue weighted by Gasteiger charge is -2.03. The highest BCUT2D eigenvalue weighted by Gasteiger charge is 2.10. The van der Waals surface area contributed by atoms with Crippen LogP contribution in [-0.2, 0) is 0 Å². The van der Waals surface area contributed by atoms with Gasteiger partial charge < -0.3 is 0 Å². The molecule has 3 rings (SSSR count). The fraction of sp³-hybridized carbons (Fsp3) is 0.0769. The summed E-state index contributed by atoms with van der Waals surface area (Å²) in [6.45, 7) is 2.15. The second-order valence-electron chi connectivity index (χ2n) is 3.49. The van der Waals surface area contributed by atoms with Crippen molar-refractivity contribution in [2.24, 2.45) is 0 Å². The highest BCUT2D eigenvalue weighted by molar-refractivity contribution is 5.98. The maximum Gasteiger partial charge on any atom is -0.00297 e. The van der Waals surface area contributed by atoms with Crippen molar-refractivity contribution in [1.29, 1.82) is 0 Å². The van der Waals surface area contributed by atoms with Crippen molar-refractivity contribution in [1.82, 2.24) is 0 Å². The van der Waals surface area contributed by atoms with Gasteiger partial charge in [0.1, 0.15) is 0 Å². The summed E-state index contributed by atoms with van der Waals surface area (Å²) in [6.07, 6.45) is 5.38. The molecule has 2 aromatic rings. The summed E-state index contributed by atoms with van der Waals surface area (Å²) >= 11 is 0. The smallest absolute Gasteiger partial charge is 0.00297 e. The van der Waals surface area contributed by atoms with Gasteiger partial charge >= 0.3 is 0 Å². The Kier molecular flexibility index (Phi) is 1.18. The predicted octanol–water partition coefficient (Wildman–Crippen LogP) is 3.33. The molecule has 0 bridgehead atoms. The van der Waals surface area contributed by atoms with E-state index in [9.17, 15) is 0 Å². The van der Waals surface area contributed by atoms with Crippen LogP contribution < -0.4 is 0 Å². The van der Waals surface area contributed by atoms with E-state index in [-0.39, 0.29) is 0 Å². The molecule has 0 atom stereocenters. The highest BCUT2D eigenvalue weighted by atomic mass is 14.1. The molecule has 61 valence electrons. The molecule has 0 saturated heterocycles. The largest absolute Gasteiger partial charge is 0.0610 e. The molecule has 0 heterocycles. The Morgan fingerprint density at radius 2 is 2.00 bits per heavy atom. The molecular formula is C13H9. The van der Waals surface area contributed by atoms with Gasteiger partial charge in [-0.05, 0) is 46.5 Å². The molecular weight excluding hydrogens is 156 g/mol. The first-order valence-electron chi connectivity index (χ1n) is 4.48. The Balaban J connectivity index is 2.62. The van der Waals surface area contributed by atoms with Crippen LogP contribution in [-0.4, -0.2) is 0 Å². The van der Waals surface area contributed by atoms with Crippen LogP contribution in [0.4, 0.5) is 0 Å². The number of hydrogen-bond acceptors (Lipinski definition) is 0. The van der Waals surface area contributed by atoms with E-state index in [1.165, 1.54) is 27.5 Å². The summed E-state index contributed by atoms with van der Waals surface area (Å²) in [5, 5.41) is 2.68. The number of benzene rings is 2. The normalized spacial score (nSPS) is 12.7. The lowest BCUT2D eigenvalue weighted by Crippen LogP contribution is -1.81. The second-order valence-corrected chi connectivity index (χ2v) is 3.49. The third kappa shape index (κ3) is 0.803. The van der Waals surface area contributed by atoms with E-state index in [1.807, 2.05) is 0 Å². The molecule has 0 aromatic heterocycles. The predicted molar refractivity (Wildman–Crippen MR) is 55.5 cm³/mol. The van der Waals surface area contributed by atoms with Gasteiger partial charge in [-0.25, -0.2) is 0 Å². The molecule has 0 aliphatic heterocycles. The molecule has 13 heavy (non-hydrogen) atoms. The van der Waals surface area contributed by atoms with Gasteiger partial charge in [-0.15, -0.1) is 0 Å². The minimum absolute atomic E-state index is 1.23. The molecule has 0 saturated carbocycles. The van der Waals surface area contributed by atoms with Crippen LogP contribution in [0.2, 0.25) is 0 Å². The summed E-state index contributed by atoms with van der Waals surface area (Å²) in [4.78, 5) is 0.